The van der Waals surface area contributed by atoms with E-state index < -0.39 is 6.04 Å². The predicted molar refractivity (Wildman–Crippen MR) is 93.9 cm³/mol. The van der Waals surface area contributed by atoms with Gasteiger partial charge in [-0.3, -0.25) is 14.4 Å². The Hall–Kier alpha value is -2.41. The molecule has 0 bridgehead atoms. The van der Waals surface area contributed by atoms with Crippen LogP contribution in [0.25, 0.3) is 0 Å². The van der Waals surface area contributed by atoms with Gasteiger partial charge >= 0.3 is 5.97 Å². The maximum Gasteiger partial charge on any atom is 0.309 e. The molecule has 2 fully saturated rings. The largest absolute Gasteiger partial charge is 0.495 e. The van der Waals surface area contributed by atoms with Crippen LogP contribution < -0.4 is 14.5 Å². The van der Waals surface area contributed by atoms with E-state index in [4.69, 9.17) is 9.47 Å². The van der Waals surface area contributed by atoms with Gasteiger partial charge in [0.25, 0.3) is 5.91 Å². The lowest BCUT2D eigenvalue weighted by molar-refractivity contribution is -0.920. The molecule has 7 nitrogen and oxygen atoms in total. The number of methoxy groups -OCH3 is 1. The van der Waals surface area contributed by atoms with E-state index in [1.165, 1.54) is 12.0 Å². The number of amides is 2. The monoisotopic (exact) mass is 361 g/mol. The molecule has 7 heteroatoms. The number of nitrogens with zero attached hydrogens (tertiary/aromatic N) is 1. The highest BCUT2D eigenvalue weighted by molar-refractivity contribution is 6.22. The van der Waals surface area contributed by atoms with Gasteiger partial charge in [-0.25, -0.2) is 4.90 Å². The van der Waals surface area contributed by atoms with Gasteiger partial charge in [-0.1, -0.05) is 12.1 Å². The van der Waals surface area contributed by atoms with Crippen molar-refractivity contribution in [2.75, 3.05) is 31.7 Å². The summed E-state index contributed by atoms with van der Waals surface area (Å²) in [5.41, 5.74) is 0.494. The molecule has 1 atom stereocenters. The third kappa shape index (κ3) is 3.44. The number of quaternary nitrogens is 1. The van der Waals surface area contributed by atoms with Gasteiger partial charge in [0.05, 0.1) is 44.8 Å². The van der Waals surface area contributed by atoms with Gasteiger partial charge in [0.1, 0.15) is 5.75 Å². The second-order valence-electron chi connectivity index (χ2n) is 6.68. The number of para-hydroxylation sites is 2. The van der Waals surface area contributed by atoms with E-state index in [1.807, 2.05) is 0 Å². The fraction of sp³-hybridized carbons (Fsp3) is 0.526. The van der Waals surface area contributed by atoms with E-state index in [9.17, 15) is 14.4 Å². The zero-order valence-electron chi connectivity index (χ0n) is 15.2. The van der Waals surface area contributed by atoms with Crippen LogP contribution in [0.2, 0.25) is 0 Å². The van der Waals surface area contributed by atoms with Crippen molar-refractivity contribution < 1.29 is 28.8 Å². The normalized spacial score (nSPS) is 26.1. The summed E-state index contributed by atoms with van der Waals surface area (Å²) in [6.45, 7) is 3.56. The Bertz CT molecular complexity index is 697. The molecular weight excluding hydrogens is 336 g/mol. The van der Waals surface area contributed by atoms with Gasteiger partial charge in [0, 0.05) is 12.8 Å². The molecule has 1 aromatic rings. The molecule has 140 valence electrons. The van der Waals surface area contributed by atoms with Crippen molar-refractivity contribution in [3.63, 3.8) is 0 Å². The highest BCUT2D eigenvalue weighted by Crippen LogP contribution is 2.31. The van der Waals surface area contributed by atoms with Crippen LogP contribution >= 0.6 is 0 Å². The number of hydrogen-bond acceptors (Lipinski definition) is 5. The van der Waals surface area contributed by atoms with E-state index in [0.29, 0.717) is 44.0 Å². The van der Waals surface area contributed by atoms with Gasteiger partial charge in [-0.15, -0.1) is 0 Å². The van der Waals surface area contributed by atoms with Gasteiger partial charge in [0.15, 0.2) is 6.04 Å². The Morgan fingerprint density at radius 3 is 2.58 bits per heavy atom. The van der Waals surface area contributed by atoms with Crippen molar-refractivity contribution in [3.05, 3.63) is 24.3 Å². The quantitative estimate of drug-likeness (QED) is 0.598. The molecule has 3 rings (SSSR count). The zero-order chi connectivity index (χ0) is 18.7. The molecule has 0 aliphatic carbocycles. The predicted octanol–water partition coefficient (Wildman–Crippen LogP) is 0.185. The van der Waals surface area contributed by atoms with Crippen LogP contribution in [0.1, 0.15) is 26.2 Å². The summed E-state index contributed by atoms with van der Waals surface area (Å²) in [6, 6.07) is 6.65. The fourth-order valence-corrected chi connectivity index (χ4v) is 3.85. The molecule has 2 heterocycles. The molecule has 0 saturated carbocycles. The number of benzene rings is 1. The summed E-state index contributed by atoms with van der Waals surface area (Å²) < 4.78 is 10.4. The van der Waals surface area contributed by atoms with Crippen LogP contribution in [-0.4, -0.2) is 50.6 Å². The Kier molecular flexibility index (Phi) is 5.56. The minimum atomic E-state index is -0.393. The molecule has 2 aliphatic rings. The van der Waals surface area contributed by atoms with E-state index in [0.717, 1.165) is 4.90 Å². The molecule has 1 aromatic carbocycles. The number of likely N-dealkylation sites (tertiary alicyclic amines) is 1. The molecule has 0 radical (unpaired) electrons. The molecule has 0 aromatic heterocycles. The number of carbonyl (C=O) groups is 3. The van der Waals surface area contributed by atoms with Crippen LogP contribution in [0.4, 0.5) is 5.69 Å². The van der Waals surface area contributed by atoms with Crippen molar-refractivity contribution in [2.45, 2.75) is 32.2 Å². The van der Waals surface area contributed by atoms with E-state index in [1.54, 1.807) is 31.2 Å². The molecule has 0 spiro atoms. The number of hydrogen-bond donors (Lipinski definition) is 1. The molecule has 26 heavy (non-hydrogen) atoms. The summed E-state index contributed by atoms with van der Waals surface area (Å²) in [5, 5.41) is 0. The minimum Gasteiger partial charge on any atom is -0.495 e. The van der Waals surface area contributed by atoms with Crippen molar-refractivity contribution in [1.29, 1.82) is 0 Å². The first-order valence-corrected chi connectivity index (χ1v) is 9.07. The number of ether oxygens (including phenoxy) is 2. The first kappa shape index (κ1) is 18.4. The third-order valence-electron chi connectivity index (χ3n) is 5.21. The summed E-state index contributed by atoms with van der Waals surface area (Å²) in [4.78, 5) is 39.7. The second kappa shape index (κ2) is 7.86. The lowest BCUT2D eigenvalue weighted by Crippen LogP contribution is -3.17. The fourth-order valence-electron chi connectivity index (χ4n) is 3.85. The van der Waals surface area contributed by atoms with Gasteiger partial charge in [0.2, 0.25) is 5.91 Å². The van der Waals surface area contributed by atoms with Crippen LogP contribution in [0, 0.1) is 5.92 Å². The second-order valence-corrected chi connectivity index (χ2v) is 6.68. The van der Waals surface area contributed by atoms with Crippen molar-refractivity contribution in [3.8, 4) is 5.75 Å². The lowest BCUT2D eigenvalue weighted by atomic mass is 9.95. The van der Waals surface area contributed by atoms with Crippen LogP contribution in [0.5, 0.6) is 5.75 Å². The average Bonchev–Trinajstić information content (AvgIpc) is 2.96. The lowest BCUT2D eigenvalue weighted by Gasteiger charge is -2.31. The van der Waals surface area contributed by atoms with Gasteiger partial charge < -0.3 is 14.4 Å². The average molecular weight is 361 g/mol. The Morgan fingerprint density at radius 2 is 1.92 bits per heavy atom. The Morgan fingerprint density at radius 1 is 1.23 bits per heavy atom. The number of esters is 1. The Labute approximate surface area is 152 Å². The van der Waals surface area contributed by atoms with Crippen molar-refractivity contribution >= 4 is 23.5 Å². The zero-order valence-corrected chi connectivity index (χ0v) is 15.2. The number of imide groups is 1. The van der Waals surface area contributed by atoms with Crippen molar-refractivity contribution in [1.82, 2.24) is 0 Å². The molecule has 2 aliphatic heterocycles. The van der Waals surface area contributed by atoms with Gasteiger partial charge in [-0.2, -0.15) is 0 Å². The van der Waals surface area contributed by atoms with E-state index >= 15 is 0 Å². The van der Waals surface area contributed by atoms with E-state index in [-0.39, 0.29) is 30.1 Å². The summed E-state index contributed by atoms with van der Waals surface area (Å²) in [6.07, 6.45) is 1.55. The summed E-state index contributed by atoms with van der Waals surface area (Å²) >= 11 is 0. The number of piperidine rings is 1. The van der Waals surface area contributed by atoms with Crippen LogP contribution in [0.15, 0.2) is 24.3 Å². The minimum absolute atomic E-state index is 0.101. The first-order valence-electron chi connectivity index (χ1n) is 9.07. The molecule has 2 amide bonds. The molecule has 1 N–H and O–H groups in total. The smallest absolute Gasteiger partial charge is 0.309 e. The summed E-state index contributed by atoms with van der Waals surface area (Å²) in [5.74, 6) is -0.147. The Balaban J connectivity index is 1.69. The topological polar surface area (TPSA) is 77.3 Å². The van der Waals surface area contributed by atoms with Gasteiger partial charge in [-0.05, 0) is 19.1 Å². The maximum atomic E-state index is 12.9. The summed E-state index contributed by atoms with van der Waals surface area (Å²) in [7, 11) is 1.52. The first-order chi connectivity index (χ1) is 12.6. The SMILES string of the molecule is CCOC(=O)C1CC[NH+]([C@@H]2CC(=O)N(c3ccccc3OC)C2=O)CC1. The van der Waals surface area contributed by atoms with Crippen LogP contribution in [0.3, 0.4) is 0 Å². The number of rotatable bonds is 5. The number of anilines is 1. The van der Waals surface area contributed by atoms with Crippen LogP contribution in [-0.2, 0) is 19.1 Å². The highest BCUT2D eigenvalue weighted by atomic mass is 16.5. The number of nitrogens with one attached hydrogen (secondary N) is 1. The molecule has 2 saturated heterocycles. The standard InChI is InChI=1S/C19H24N2O5/c1-3-26-19(24)13-8-10-20(11-9-13)15-12-17(22)21(18(15)23)14-6-4-5-7-16(14)25-2/h4-7,13,15H,3,8-12H2,1-2H3/p+1/t15-/m1/s1. The maximum absolute atomic E-state index is 12.9. The van der Waals surface area contributed by atoms with Crippen molar-refractivity contribution in [2.24, 2.45) is 5.92 Å². The molecule has 0 unspecified atom stereocenters. The molecular formula is C19H25N2O5+. The highest BCUT2D eigenvalue weighted by Gasteiger charge is 2.47. The number of carbonyl (C=O) groups excluding carboxylic acids is 3. The van der Waals surface area contributed by atoms with E-state index in [2.05, 4.69) is 0 Å². The third-order valence-corrected chi connectivity index (χ3v) is 5.21.